The number of aliphatic imine (C=N–C) groups is 1. The molecule has 1 aromatic heterocycles. The first-order valence-corrected chi connectivity index (χ1v) is 8.18. The van der Waals surface area contributed by atoms with Crippen LogP contribution in [0.15, 0.2) is 59.7 Å². The minimum atomic E-state index is 0.238. The summed E-state index contributed by atoms with van der Waals surface area (Å²) >= 11 is 0. The highest BCUT2D eigenvalue weighted by atomic mass is 16.3. The number of hydrogen-bond donors (Lipinski definition) is 1. The van der Waals surface area contributed by atoms with Gasteiger partial charge in [0.1, 0.15) is 5.75 Å². The van der Waals surface area contributed by atoms with E-state index in [1.807, 2.05) is 42.5 Å². The minimum Gasteiger partial charge on any atom is -0.507 e. The number of rotatable bonds is 5. The van der Waals surface area contributed by atoms with Gasteiger partial charge in [0.25, 0.3) is 0 Å². The Morgan fingerprint density at radius 1 is 1.08 bits per heavy atom. The predicted octanol–water partition coefficient (Wildman–Crippen LogP) is 4.54. The van der Waals surface area contributed by atoms with E-state index in [4.69, 9.17) is 0 Å². The molecule has 122 valence electrons. The molecule has 3 rings (SSSR count). The van der Waals surface area contributed by atoms with Gasteiger partial charge in [0, 0.05) is 48.2 Å². The van der Waals surface area contributed by atoms with Crippen molar-refractivity contribution >= 4 is 28.5 Å². The van der Waals surface area contributed by atoms with Crippen LogP contribution in [-0.4, -0.2) is 29.4 Å². The van der Waals surface area contributed by atoms with Crippen LogP contribution in [0.2, 0.25) is 0 Å². The lowest BCUT2D eigenvalue weighted by atomic mass is 10.1. The normalized spacial score (nSPS) is 11.2. The molecule has 4 nitrogen and oxygen atoms in total. The van der Waals surface area contributed by atoms with E-state index in [1.54, 1.807) is 18.5 Å². The fourth-order valence-electron chi connectivity index (χ4n) is 2.77. The number of benzene rings is 2. The largest absolute Gasteiger partial charge is 0.507 e. The Morgan fingerprint density at radius 3 is 2.67 bits per heavy atom. The van der Waals surface area contributed by atoms with Gasteiger partial charge in [-0.15, -0.1) is 0 Å². The summed E-state index contributed by atoms with van der Waals surface area (Å²) < 4.78 is 0. The molecule has 1 heterocycles. The van der Waals surface area contributed by atoms with Crippen molar-refractivity contribution in [2.45, 2.75) is 13.8 Å². The van der Waals surface area contributed by atoms with E-state index >= 15 is 0 Å². The highest BCUT2D eigenvalue weighted by molar-refractivity contribution is 5.94. The Kier molecular flexibility index (Phi) is 4.75. The maximum atomic E-state index is 10.3. The molecule has 0 radical (unpaired) electrons. The van der Waals surface area contributed by atoms with Crippen LogP contribution in [-0.2, 0) is 0 Å². The minimum absolute atomic E-state index is 0.238. The second kappa shape index (κ2) is 7.13. The lowest BCUT2D eigenvalue weighted by Gasteiger charge is -2.21. The second-order valence-corrected chi connectivity index (χ2v) is 5.52. The van der Waals surface area contributed by atoms with Gasteiger partial charge in [-0.05, 0) is 50.2 Å². The monoisotopic (exact) mass is 319 g/mol. The number of fused-ring (bicyclic) bond motifs is 1. The van der Waals surface area contributed by atoms with Crippen LogP contribution in [0.25, 0.3) is 10.9 Å². The van der Waals surface area contributed by atoms with Crippen molar-refractivity contribution in [3.63, 3.8) is 0 Å². The molecule has 1 N–H and O–H groups in total. The Labute approximate surface area is 142 Å². The number of phenolic OH excluding ortho intramolecular Hbond substituents is 1. The first kappa shape index (κ1) is 16.0. The Bertz CT molecular complexity index is 864. The summed E-state index contributed by atoms with van der Waals surface area (Å²) in [5.74, 6) is 0.238. The zero-order valence-electron chi connectivity index (χ0n) is 14.0. The third kappa shape index (κ3) is 3.23. The highest BCUT2D eigenvalue weighted by Gasteiger charge is 2.06. The highest BCUT2D eigenvalue weighted by Crippen LogP contribution is 2.26. The average Bonchev–Trinajstić information content (AvgIpc) is 2.62. The molecule has 4 heteroatoms. The molecule has 0 fully saturated rings. The first-order chi connectivity index (χ1) is 11.7. The van der Waals surface area contributed by atoms with Crippen molar-refractivity contribution in [3.05, 3.63) is 60.3 Å². The van der Waals surface area contributed by atoms with Crippen LogP contribution in [0, 0.1) is 0 Å². The van der Waals surface area contributed by atoms with Crippen molar-refractivity contribution in [2.24, 2.45) is 4.99 Å². The van der Waals surface area contributed by atoms with Crippen LogP contribution >= 0.6 is 0 Å². The fraction of sp³-hybridized carbons (Fsp3) is 0.200. The van der Waals surface area contributed by atoms with E-state index in [9.17, 15) is 5.11 Å². The number of phenols is 1. The summed E-state index contributed by atoms with van der Waals surface area (Å²) in [5.41, 5.74) is 3.47. The SMILES string of the molecule is CCN(CC)c1ccc(C=Nc2cccc3ncccc23)c(O)c1. The van der Waals surface area contributed by atoms with Crippen LogP contribution in [0.3, 0.4) is 0 Å². The molecule has 0 saturated carbocycles. The molecule has 3 aromatic rings. The molecular weight excluding hydrogens is 298 g/mol. The van der Waals surface area contributed by atoms with Gasteiger partial charge >= 0.3 is 0 Å². The fourth-order valence-corrected chi connectivity index (χ4v) is 2.77. The van der Waals surface area contributed by atoms with Crippen molar-refractivity contribution in [2.75, 3.05) is 18.0 Å². The number of aromatic hydroxyl groups is 1. The van der Waals surface area contributed by atoms with E-state index in [0.717, 1.165) is 35.4 Å². The molecule has 0 aliphatic rings. The summed E-state index contributed by atoms with van der Waals surface area (Å²) in [5, 5.41) is 11.3. The quantitative estimate of drug-likeness (QED) is 0.703. The maximum Gasteiger partial charge on any atom is 0.126 e. The van der Waals surface area contributed by atoms with Gasteiger partial charge < -0.3 is 10.0 Å². The van der Waals surface area contributed by atoms with Gasteiger partial charge in [-0.2, -0.15) is 0 Å². The van der Waals surface area contributed by atoms with Crippen LogP contribution < -0.4 is 4.90 Å². The molecule has 0 atom stereocenters. The molecule has 0 aliphatic heterocycles. The molecule has 0 bridgehead atoms. The Morgan fingerprint density at radius 2 is 1.92 bits per heavy atom. The smallest absolute Gasteiger partial charge is 0.126 e. The molecule has 0 saturated heterocycles. The average molecular weight is 319 g/mol. The number of hydrogen-bond acceptors (Lipinski definition) is 4. The van der Waals surface area contributed by atoms with Gasteiger partial charge in [-0.25, -0.2) is 0 Å². The predicted molar refractivity (Wildman–Crippen MR) is 101 cm³/mol. The zero-order chi connectivity index (χ0) is 16.9. The lowest BCUT2D eigenvalue weighted by Crippen LogP contribution is -2.21. The molecule has 24 heavy (non-hydrogen) atoms. The maximum absolute atomic E-state index is 10.3. The van der Waals surface area contributed by atoms with Gasteiger partial charge in [-0.3, -0.25) is 9.98 Å². The first-order valence-electron chi connectivity index (χ1n) is 8.18. The molecule has 2 aromatic carbocycles. The lowest BCUT2D eigenvalue weighted by molar-refractivity contribution is 0.474. The summed E-state index contributed by atoms with van der Waals surface area (Å²) in [4.78, 5) is 11.1. The van der Waals surface area contributed by atoms with Crippen molar-refractivity contribution in [1.82, 2.24) is 4.98 Å². The summed E-state index contributed by atoms with van der Waals surface area (Å²) in [7, 11) is 0. The number of anilines is 1. The van der Waals surface area contributed by atoms with Crippen LogP contribution in [0.5, 0.6) is 5.75 Å². The number of pyridine rings is 1. The Balaban J connectivity index is 1.91. The topological polar surface area (TPSA) is 48.7 Å². The number of aromatic nitrogens is 1. The molecule has 0 amide bonds. The molecule has 0 aliphatic carbocycles. The zero-order valence-corrected chi connectivity index (χ0v) is 14.0. The van der Waals surface area contributed by atoms with E-state index < -0.39 is 0 Å². The van der Waals surface area contributed by atoms with Gasteiger partial charge in [0.2, 0.25) is 0 Å². The Hall–Kier alpha value is -2.88. The van der Waals surface area contributed by atoms with E-state index in [-0.39, 0.29) is 5.75 Å². The summed E-state index contributed by atoms with van der Waals surface area (Å²) in [6, 6.07) is 15.4. The molecule has 0 unspecified atom stereocenters. The number of nitrogens with zero attached hydrogens (tertiary/aromatic N) is 3. The molecule has 0 spiro atoms. The van der Waals surface area contributed by atoms with Crippen molar-refractivity contribution < 1.29 is 5.11 Å². The van der Waals surface area contributed by atoms with E-state index in [2.05, 4.69) is 28.7 Å². The summed E-state index contributed by atoms with van der Waals surface area (Å²) in [6.07, 6.45) is 3.47. The van der Waals surface area contributed by atoms with Crippen LogP contribution in [0.1, 0.15) is 19.4 Å². The second-order valence-electron chi connectivity index (χ2n) is 5.52. The van der Waals surface area contributed by atoms with E-state index in [0.29, 0.717) is 5.56 Å². The van der Waals surface area contributed by atoms with Crippen LogP contribution in [0.4, 0.5) is 11.4 Å². The van der Waals surface area contributed by atoms with Crippen molar-refractivity contribution in [1.29, 1.82) is 0 Å². The third-order valence-corrected chi connectivity index (χ3v) is 4.11. The van der Waals surface area contributed by atoms with Gasteiger partial charge in [0.05, 0.1) is 11.2 Å². The molecular formula is C20H21N3O. The van der Waals surface area contributed by atoms with E-state index in [1.165, 1.54) is 0 Å². The standard InChI is InChI=1S/C20H21N3O/c1-3-23(4-2)16-11-10-15(20(24)13-16)14-22-19-9-5-8-18-17(19)7-6-12-21-18/h5-14,24H,3-4H2,1-2H3. The summed E-state index contributed by atoms with van der Waals surface area (Å²) in [6.45, 7) is 6.02. The van der Waals surface area contributed by atoms with Gasteiger partial charge in [0.15, 0.2) is 0 Å². The third-order valence-electron chi connectivity index (χ3n) is 4.11. The van der Waals surface area contributed by atoms with Gasteiger partial charge in [-0.1, -0.05) is 6.07 Å². The van der Waals surface area contributed by atoms with Crippen molar-refractivity contribution in [3.8, 4) is 5.75 Å².